The zero-order chi connectivity index (χ0) is 19.0. The van der Waals surface area contributed by atoms with E-state index in [1.807, 2.05) is 6.92 Å². The summed E-state index contributed by atoms with van der Waals surface area (Å²) in [6, 6.07) is 37.1. The van der Waals surface area contributed by atoms with Crippen molar-refractivity contribution in [2.75, 3.05) is 6.61 Å². The zero-order valence-corrected chi connectivity index (χ0v) is 15.9. The zero-order valence-electron chi connectivity index (χ0n) is 15.9. The van der Waals surface area contributed by atoms with Gasteiger partial charge in [0, 0.05) is 0 Å². The van der Waals surface area contributed by atoms with Crippen molar-refractivity contribution in [3.05, 3.63) is 125 Å². The number of benzene rings is 4. The van der Waals surface area contributed by atoms with Gasteiger partial charge in [0.1, 0.15) is 5.75 Å². The number of hydrogen-bond donors (Lipinski definition) is 0. The lowest BCUT2D eigenvalue weighted by atomic mass is 9.68. The average Bonchev–Trinajstić information content (AvgIpc) is 3.07. The fourth-order valence-electron chi connectivity index (χ4n) is 4.68. The highest BCUT2D eigenvalue weighted by Gasteiger charge is 2.45. The molecule has 0 aromatic heterocycles. The van der Waals surface area contributed by atoms with E-state index in [1.54, 1.807) is 0 Å². The average molecular weight is 362 g/mol. The Morgan fingerprint density at radius 1 is 0.571 bits per heavy atom. The van der Waals surface area contributed by atoms with Crippen LogP contribution in [0, 0.1) is 0 Å². The first-order chi connectivity index (χ1) is 13.9. The van der Waals surface area contributed by atoms with Crippen LogP contribution in [0.1, 0.15) is 29.2 Å². The monoisotopic (exact) mass is 362 g/mol. The van der Waals surface area contributed by atoms with Crippen LogP contribution in [0.2, 0.25) is 0 Å². The van der Waals surface area contributed by atoms with Crippen LogP contribution in [0.15, 0.2) is 103 Å². The molecule has 0 N–H and O–H groups in total. The Morgan fingerprint density at radius 2 is 1.07 bits per heavy atom. The third kappa shape index (κ3) is 2.33. The van der Waals surface area contributed by atoms with Crippen LogP contribution in [0.25, 0.3) is 11.1 Å². The summed E-state index contributed by atoms with van der Waals surface area (Å²) in [6.07, 6.45) is 0. The maximum absolute atomic E-state index is 5.70. The van der Waals surface area contributed by atoms with Gasteiger partial charge in [0.2, 0.25) is 0 Å². The maximum atomic E-state index is 5.70. The van der Waals surface area contributed by atoms with Crippen LogP contribution in [0.4, 0.5) is 0 Å². The van der Waals surface area contributed by atoms with Gasteiger partial charge in [0.05, 0.1) is 12.0 Å². The van der Waals surface area contributed by atoms with Crippen LogP contribution >= 0.6 is 0 Å². The van der Waals surface area contributed by atoms with E-state index in [9.17, 15) is 0 Å². The van der Waals surface area contributed by atoms with Crippen molar-refractivity contribution in [2.45, 2.75) is 12.3 Å². The molecule has 4 aromatic carbocycles. The minimum atomic E-state index is -0.320. The number of fused-ring (bicyclic) bond motifs is 3. The molecule has 1 heteroatoms. The highest BCUT2D eigenvalue weighted by Crippen LogP contribution is 2.55. The summed E-state index contributed by atoms with van der Waals surface area (Å²) in [5, 5.41) is 0. The van der Waals surface area contributed by atoms with Crippen molar-refractivity contribution in [3.8, 4) is 16.9 Å². The second-order valence-corrected chi connectivity index (χ2v) is 7.16. The van der Waals surface area contributed by atoms with Crippen LogP contribution in [-0.4, -0.2) is 6.61 Å². The standard InChI is InChI=1S/C27H22O/c1-2-28-22-18-16-21(17-19-22)27(20-10-4-3-5-11-20)25-14-8-6-12-23(25)24-13-7-9-15-26(24)27/h3-19H,2H2,1H3. The Balaban J connectivity index is 1.86. The quantitative estimate of drug-likeness (QED) is 0.357. The summed E-state index contributed by atoms with van der Waals surface area (Å²) in [5.74, 6) is 0.911. The van der Waals surface area contributed by atoms with E-state index in [-0.39, 0.29) is 5.41 Å². The number of ether oxygens (including phenoxy) is 1. The summed E-state index contributed by atoms with van der Waals surface area (Å²) in [6.45, 7) is 2.69. The first-order valence-electron chi connectivity index (χ1n) is 9.84. The van der Waals surface area contributed by atoms with E-state index in [1.165, 1.54) is 33.4 Å². The van der Waals surface area contributed by atoms with Gasteiger partial charge in [0.25, 0.3) is 0 Å². The molecule has 5 rings (SSSR count). The number of hydrogen-bond acceptors (Lipinski definition) is 1. The lowest BCUT2D eigenvalue weighted by molar-refractivity contribution is 0.340. The van der Waals surface area contributed by atoms with Crippen LogP contribution in [-0.2, 0) is 5.41 Å². The van der Waals surface area contributed by atoms with Gasteiger partial charge in [0.15, 0.2) is 0 Å². The fraction of sp³-hybridized carbons (Fsp3) is 0.111. The molecule has 0 aliphatic heterocycles. The molecule has 0 radical (unpaired) electrons. The Labute approximate surface area is 166 Å². The largest absolute Gasteiger partial charge is 0.494 e. The topological polar surface area (TPSA) is 9.23 Å². The summed E-state index contributed by atoms with van der Waals surface area (Å²) < 4.78 is 5.70. The van der Waals surface area contributed by atoms with Crippen LogP contribution < -0.4 is 4.74 Å². The second kappa shape index (κ2) is 6.69. The van der Waals surface area contributed by atoms with Gasteiger partial charge < -0.3 is 4.74 Å². The van der Waals surface area contributed by atoms with Crippen molar-refractivity contribution in [2.24, 2.45) is 0 Å². The molecule has 0 bridgehead atoms. The van der Waals surface area contributed by atoms with Crippen molar-refractivity contribution >= 4 is 0 Å². The van der Waals surface area contributed by atoms with E-state index in [2.05, 4.69) is 103 Å². The van der Waals surface area contributed by atoms with Gasteiger partial charge in [-0.05, 0) is 52.4 Å². The molecule has 1 aliphatic rings. The highest BCUT2D eigenvalue weighted by atomic mass is 16.5. The Morgan fingerprint density at radius 3 is 1.64 bits per heavy atom. The molecule has 0 atom stereocenters. The third-order valence-corrected chi connectivity index (χ3v) is 5.76. The summed E-state index contributed by atoms with van der Waals surface area (Å²) >= 11 is 0. The van der Waals surface area contributed by atoms with E-state index >= 15 is 0 Å². The maximum Gasteiger partial charge on any atom is 0.119 e. The third-order valence-electron chi connectivity index (χ3n) is 5.76. The second-order valence-electron chi connectivity index (χ2n) is 7.16. The minimum absolute atomic E-state index is 0.320. The predicted molar refractivity (Wildman–Crippen MR) is 115 cm³/mol. The molecule has 1 aliphatic carbocycles. The minimum Gasteiger partial charge on any atom is -0.494 e. The van der Waals surface area contributed by atoms with Crippen molar-refractivity contribution in [1.29, 1.82) is 0 Å². The van der Waals surface area contributed by atoms with Gasteiger partial charge in [-0.25, -0.2) is 0 Å². The van der Waals surface area contributed by atoms with Crippen LogP contribution in [0.3, 0.4) is 0 Å². The molecule has 0 saturated heterocycles. The molecule has 0 spiro atoms. The van der Waals surface area contributed by atoms with E-state index in [0.29, 0.717) is 6.61 Å². The van der Waals surface area contributed by atoms with E-state index in [4.69, 9.17) is 4.74 Å². The Hall–Kier alpha value is -3.32. The molecule has 0 saturated carbocycles. The van der Waals surface area contributed by atoms with E-state index < -0.39 is 0 Å². The molecule has 136 valence electrons. The highest BCUT2D eigenvalue weighted by molar-refractivity contribution is 5.86. The SMILES string of the molecule is CCOc1ccc(C2(c3ccccc3)c3ccccc3-c3ccccc32)cc1. The first-order valence-corrected chi connectivity index (χ1v) is 9.84. The first kappa shape index (κ1) is 16.8. The fourth-order valence-corrected chi connectivity index (χ4v) is 4.68. The van der Waals surface area contributed by atoms with Gasteiger partial charge in [-0.2, -0.15) is 0 Å². The molecule has 0 amide bonds. The van der Waals surface area contributed by atoms with Gasteiger partial charge >= 0.3 is 0 Å². The molecular weight excluding hydrogens is 340 g/mol. The van der Waals surface area contributed by atoms with Crippen molar-refractivity contribution < 1.29 is 4.74 Å². The summed E-state index contributed by atoms with van der Waals surface area (Å²) in [4.78, 5) is 0. The molecule has 0 heterocycles. The molecular formula is C27H22O. The number of rotatable bonds is 4. The smallest absolute Gasteiger partial charge is 0.119 e. The van der Waals surface area contributed by atoms with Crippen molar-refractivity contribution in [3.63, 3.8) is 0 Å². The Kier molecular flexibility index (Phi) is 4.02. The summed E-state index contributed by atoms with van der Waals surface area (Å²) in [7, 11) is 0. The van der Waals surface area contributed by atoms with Gasteiger partial charge in [-0.15, -0.1) is 0 Å². The van der Waals surface area contributed by atoms with Gasteiger partial charge in [-0.1, -0.05) is 91.0 Å². The molecule has 0 unspecified atom stereocenters. The summed E-state index contributed by atoms with van der Waals surface area (Å²) in [5.41, 5.74) is 7.54. The molecule has 4 aromatic rings. The lowest BCUT2D eigenvalue weighted by Gasteiger charge is -2.33. The Bertz CT molecular complexity index is 1060. The molecule has 1 nitrogen and oxygen atoms in total. The normalized spacial score (nSPS) is 13.6. The molecule has 0 fully saturated rings. The van der Waals surface area contributed by atoms with Crippen LogP contribution in [0.5, 0.6) is 5.75 Å². The van der Waals surface area contributed by atoms with Gasteiger partial charge in [-0.3, -0.25) is 0 Å². The van der Waals surface area contributed by atoms with E-state index in [0.717, 1.165) is 5.75 Å². The lowest BCUT2D eigenvalue weighted by Crippen LogP contribution is -2.28. The predicted octanol–water partition coefficient (Wildman–Crippen LogP) is 6.45. The molecule has 28 heavy (non-hydrogen) atoms. The van der Waals surface area contributed by atoms with Crippen molar-refractivity contribution in [1.82, 2.24) is 0 Å².